The van der Waals surface area contributed by atoms with Gasteiger partial charge in [0.15, 0.2) is 17.5 Å². The number of nitrogens with zero attached hydrogens (tertiary/aromatic N) is 5. The van der Waals surface area contributed by atoms with Crippen LogP contribution >= 0.6 is 0 Å². The van der Waals surface area contributed by atoms with Gasteiger partial charge in [0.05, 0.1) is 0 Å². The Morgan fingerprint density at radius 3 is 2.63 bits per heavy atom. The van der Waals surface area contributed by atoms with Crippen LogP contribution in [0.25, 0.3) is 5.65 Å². The average molecular weight is 373 g/mol. The van der Waals surface area contributed by atoms with Crippen molar-refractivity contribution >= 4 is 17.3 Å². The summed E-state index contributed by atoms with van der Waals surface area (Å²) in [6.45, 7) is 1.49. The van der Waals surface area contributed by atoms with E-state index in [0.29, 0.717) is 23.8 Å². The van der Waals surface area contributed by atoms with Crippen LogP contribution in [0.2, 0.25) is 0 Å². The van der Waals surface area contributed by atoms with E-state index in [2.05, 4.69) is 15.0 Å². The zero-order valence-corrected chi connectivity index (χ0v) is 14.4. The highest BCUT2D eigenvalue weighted by atomic mass is 19.2. The van der Waals surface area contributed by atoms with Crippen molar-refractivity contribution in [3.05, 3.63) is 63.8 Å². The van der Waals surface area contributed by atoms with E-state index >= 15 is 0 Å². The number of nitro groups is 1. The zero-order chi connectivity index (χ0) is 19.0. The van der Waals surface area contributed by atoms with Gasteiger partial charge in [-0.15, -0.1) is 0 Å². The summed E-state index contributed by atoms with van der Waals surface area (Å²) >= 11 is 0. The summed E-state index contributed by atoms with van der Waals surface area (Å²) < 4.78 is 27.6. The van der Waals surface area contributed by atoms with E-state index < -0.39 is 16.6 Å². The molecule has 1 aromatic carbocycles. The smallest absolute Gasteiger partial charge is 0.358 e. The lowest BCUT2D eigenvalue weighted by molar-refractivity contribution is -0.391. The molecule has 4 rings (SSSR count). The molecule has 0 amide bonds. The van der Waals surface area contributed by atoms with Gasteiger partial charge in [0.1, 0.15) is 6.20 Å². The lowest BCUT2D eigenvalue weighted by Crippen LogP contribution is -2.35. The maximum atomic E-state index is 13.4. The van der Waals surface area contributed by atoms with Crippen molar-refractivity contribution in [3.63, 3.8) is 0 Å². The van der Waals surface area contributed by atoms with Gasteiger partial charge in [-0.05, 0) is 53.9 Å². The largest absolute Gasteiger partial charge is 0.368 e. The summed E-state index contributed by atoms with van der Waals surface area (Å²) in [5.74, 6) is -0.777. The molecule has 3 heterocycles. The van der Waals surface area contributed by atoms with Crippen molar-refractivity contribution in [2.24, 2.45) is 5.92 Å². The van der Waals surface area contributed by atoms with Gasteiger partial charge in [-0.1, -0.05) is 15.7 Å². The van der Waals surface area contributed by atoms with Crippen LogP contribution in [0.5, 0.6) is 0 Å². The number of imidazole rings is 1. The van der Waals surface area contributed by atoms with Crippen molar-refractivity contribution in [2.45, 2.75) is 19.3 Å². The molecule has 7 nitrogen and oxygen atoms in total. The molecule has 0 N–H and O–H groups in total. The summed E-state index contributed by atoms with van der Waals surface area (Å²) in [6, 6.07) is 7.56. The first kappa shape index (κ1) is 17.3. The van der Waals surface area contributed by atoms with Crippen LogP contribution in [0.15, 0.2) is 36.5 Å². The second-order valence-electron chi connectivity index (χ2n) is 6.72. The molecule has 0 atom stereocenters. The summed E-state index contributed by atoms with van der Waals surface area (Å²) in [6.07, 6.45) is 3.65. The molecule has 9 heteroatoms. The minimum atomic E-state index is -0.830. The highest BCUT2D eigenvalue weighted by Gasteiger charge is 2.23. The van der Waals surface area contributed by atoms with Crippen LogP contribution in [-0.2, 0) is 6.42 Å². The fraction of sp³-hybridized carbons (Fsp3) is 0.333. The predicted octanol–water partition coefficient (Wildman–Crippen LogP) is 3.37. The second-order valence-corrected chi connectivity index (χ2v) is 6.72. The third kappa shape index (κ3) is 3.44. The fourth-order valence-corrected chi connectivity index (χ4v) is 3.51. The molecular weight excluding hydrogens is 356 g/mol. The van der Waals surface area contributed by atoms with E-state index in [4.69, 9.17) is 0 Å². The molecule has 140 valence electrons. The molecular formula is C18H17F2N5O2. The van der Waals surface area contributed by atoms with Crippen LogP contribution < -0.4 is 4.90 Å². The molecule has 0 saturated carbocycles. The number of fused-ring (bicyclic) bond motifs is 1. The maximum absolute atomic E-state index is 13.4. The lowest BCUT2D eigenvalue weighted by atomic mass is 9.90. The number of hydrogen-bond acceptors (Lipinski definition) is 5. The van der Waals surface area contributed by atoms with Gasteiger partial charge < -0.3 is 15.0 Å². The van der Waals surface area contributed by atoms with E-state index in [9.17, 15) is 18.9 Å². The SMILES string of the molecule is O=[N+]([O-])c1cnc2ccc(N3CCC(Cc4ccc(F)c(F)c4)CC3)nn12. The predicted molar refractivity (Wildman–Crippen MR) is 94.6 cm³/mol. The molecule has 0 unspecified atom stereocenters. The first-order chi connectivity index (χ1) is 13.0. The number of rotatable bonds is 4. The van der Waals surface area contributed by atoms with Gasteiger partial charge in [0.25, 0.3) is 0 Å². The molecule has 0 radical (unpaired) electrons. The minimum Gasteiger partial charge on any atom is -0.358 e. The molecule has 27 heavy (non-hydrogen) atoms. The number of piperidine rings is 1. The monoisotopic (exact) mass is 373 g/mol. The van der Waals surface area contributed by atoms with Gasteiger partial charge in [0, 0.05) is 19.2 Å². The van der Waals surface area contributed by atoms with Crippen LogP contribution in [0.1, 0.15) is 18.4 Å². The van der Waals surface area contributed by atoms with Crippen molar-refractivity contribution in [2.75, 3.05) is 18.0 Å². The number of hydrogen-bond donors (Lipinski definition) is 0. The maximum Gasteiger partial charge on any atom is 0.368 e. The molecule has 2 aromatic heterocycles. The molecule has 1 aliphatic rings. The highest BCUT2D eigenvalue weighted by Crippen LogP contribution is 2.26. The van der Waals surface area contributed by atoms with Crippen molar-refractivity contribution < 1.29 is 13.7 Å². The zero-order valence-electron chi connectivity index (χ0n) is 14.4. The van der Waals surface area contributed by atoms with E-state index in [1.807, 2.05) is 6.07 Å². The van der Waals surface area contributed by atoms with E-state index in [1.54, 1.807) is 12.1 Å². The third-order valence-electron chi connectivity index (χ3n) is 4.96. The summed E-state index contributed by atoms with van der Waals surface area (Å²) in [5.41, 5.74) is 1.22. The molecule has 3 aromatic rings. The Kier molecular flexibility index (Phi) is 4.43. The number of halogens is 2. The van der Waals surface area contributed by atoms with Crippen LogP contribution in [-0.4, -0.2) is 32.6 Å². The van der Waals surface area contributed by atoms with Crippen LogP contribution in [0.3, 0.4) is 0 Å². The average Bonchev–Trinajstić information content (AvgIpc) is 3.09. The van der Waals surface area contributed by atoms with Gasteiger partial charge in [0.2, 0.25) is 5.65 Å². The van der Waals surface area contributed by atoms with Crippen molar-refractivity contribution in [1.82, 2.24) is 14.6 Å². The Labute approximate surface area is 153 Å². The summed E-state index contributed by atoms with van der Waals surface area (Å²) in [4.78, 5) is 16.6. The van der Waals surface area contributed by atoms with Crippen molar-refractivity contribution in [1.29, 1.82) is 0 Å². The number of aromatic nitrogens is 3. The van der Waals surface area contributed by atoms with Gasteiger partial charge in [-0.2, -0.15) is 0 Å². The lowest BCUT2D eigenvalue weighted by Gasteiger charge is -2.32. The first-order valence-electron chi connectivity index (χ1n) is 8.69. The Balaban J connectivity index is 1.44. The minimum absolute atomic E-state index is 0.167. The van der Waals surface area contributed by atoms with E-state index in [-0.39, 0.29) is 5.82 Å². The van der Waals surface area contributed by atoms with E-state index in [1.165, 1.54) is 16.8 Å². The summed E-state index contributed by atoms with van der Waals surface area (Å²) in [7, 11) is 0. The molecule has 0 spiro atoms. The van der Waals surface area contributed by atoms with E-state index in [0.717, 1.165) is 37.6 Å². The van der Waals surface area contributed by atoms with Gasteiger partial charge in [-0.25, -0.2) is 13.8 Å². The number of anilines is 1. The third-order valence-corrected chi connectivity index (χ3v) is 4.96. The van der Waals surface area contributed by atoms with Crippen molar-refractivity contribution in [3.8, 4) is 0 Å². The highest BCUT2D eigenvalue weighted by molar-refractivity contribution is 5.49. The standard InChI is InChI=1S/C18H17F2N5O2/c19-14-2-1-13(10-15(14)20)9-12-5-7-23(8-6-12)17-4-3-16-21-11-18(25(26)27)24(16)22-17/h1-4,10-12H,5-9H2. The fourth-order valence-electron chi connectivity index (χ4n) is 3.51. The van der Waals surface area contributed by atoms with Gasteiger partial charge in [-0.3, -0.25) is 0 Å². The molecule has 1 aliphatic heterocycles. The Morgan fingerprint density at radius 2 is 1.93 bits per heavy atom. The quantitative estimate of drug-likeness (QED) is 0.518. The molecule has 0 aliphatic carbocycles. The van der Waals surface area contributed by atoms with Gasteiger partial charge >= 0.3 is 5.82 Å². The second kappa shape index (κ2) is 6.90. The summed E-state index contributed by atoms with van der Waals surface area (Å²) in [5, 5.41) is 15.4. The first-order valence-corrected chi connectivity index (χ1v) is 8.69. The molecule has 0 bridgehead atoms. The number of benzene rings is 1. The van der Waals surface area contributed by atoms with Crippen LogP contribution in [0.4, 0.5) is 20.4 Å². The Bertz CT molecular complexity index is 999. The normalized spacial score (nSPS) is 15.4. The Morgan fingerprint density at radius 1 is 1.15 bits per heavy atom. The molecule has 1 fully saturated rings. The Hall–Kier alpha value is -3.10. The molecule has 1 saturated heterocycles. The topological polar surface area (TPSA) is 76.6 Å². The van der Waals surface area contributed by atoms with Crippen LogP contribution in [0, 0.1) is 27.7 Å².